The van der Waals surface area contributed by atoms with Crippen LogP contribution in [0.5, 0.6) is 0 Å². The minimum Gasteiger partial charge on any atom is -0.447 e. The maximum Gasteiger partial charge on any atom is 0.180 e. The van der Waals surface area contributed by atoms with Gasteiger partial charge in [0.1, 0.15) is 23.6 Å². The van der Waals surface area contributed by atoms with Gasteiger partial charge in [-0.15, -0.1) is 5.10 Å². The first-order chi connectivity index (χ1) is 8.18. The molecule has 6 heteroatoms. The average molecular weight is 236 g/mol. The smallest absolute Gasteiger partial charge is 0.180 e. The Morgan fingerprint density at radius 1 is 1.41 bits per heavy atom. The number of rotatable bonds is 5. The molecular formula is C11H16N4O2. The van der Waals surface area contributed by atoms with Crippen molar-refractivity contribution in [2.24, 2.45) is 0 Å². The van der Waals surface area contributed by atoms with E-state index in [-0.39, 0.29) is 0 Å². The lowest BCUT2D eigenvalue weighted by molar-refractivity contribution is 0.0239. The van der Waals surface area contributed by atoms with Gasteiger partial charge in [-0.1, -0.05) is 19.1 Å². The molecule has 0 amide bonds. The SMILES string of the molecule is CCC(O)(CC)c1cn(Cc2cnco2)nn1. The lowest BCUT2D eigenvalue weighted by Crippen LogP contribution is -2.23. The normalized spacial score (nSPS) is 11.9. The second kappa shape index (κ2) is 4.67. The van der Waals surface area contributed by atoms with Crippen molar-refractivity contribution in [3.8, 4) is 0 Å². The molecule has 0 radical (unpaired) electrons. The van der Waals surface area contributed by atoms with Crippen LogP contribution in [-0.4, -0.2) is 25.1 Å². The van der Waals surface area contributed by atoms with Gasteiger partial charge in [-0.25, -0.2) is 9.67 Å². The zero-order chi connectivity index (χ0) is 12.3. The molecule has 0 unspecified atom stereocenters. The lowest BCUT2D eigenvalue weighted by Gasteiger charge is -2.21. The van der Waals surface area contributed by atoms with Crippen molar-refractivity contribution in [3.63, 3.8) is 0 Å². The molecule has 0 saturated carbocycles. The van der Waals surface area contributed by atoms with E-state index in [0.29, 0.717) is 30.8 Å². The maximum absolute atomic E-state index is 10.3. The summed E-state index contributed by atoms with van der Waals surface area (Å²) in [5, 5.41) is 18.3. The van der Waals surface area contributed by atoms with Gasteiger partial charge in [0.15, 0.2) is 6.39 Å². The van der Waals surface area contributed by atoms with Crippen molar-refractivity contribution in [2.45, 2.75) is 38.8 Å². The van der Waals surface area contributed by atoms with Gasteiger partial charge < -0.3 is 9.52 Å². The van der Waals surface area contributed by atoms with Crippen LogP contribution in [0.15, 0.2) is 23.2 Å². The summed E-state index contributed by atoms with van der Waals surface area (Å²) in [5.41, 5.74) is -0.290. The summed E-state index contributed by atoms with van der Waals surface area (Å²) in [6, 6.07) is 0. The quantitative estimate of drug-likeness (QED) is 0.847. The molecule has 2 rings (SSSR count). The molecule has 0 bridgehead atoms. The van der Waals surface area contributed by atoms with Crippen LogP contribution in [0.1, 0.15) is 38.1 Å². The first-order valence-corrected chi connectivity index (χ1v) is 5.68. The Morgan fingerprint density at radius 2 is 2.18 bits per heavy atom. The van der Waals surface area contributed by atoms with Crippen LogP contribution in [-0.2, 0) is 12.1 Å². The average Bonchev–Trinajstić information content (AvgIpc) is 3.00. The molecule has 2 heterocycles. The molecule has 0 fully saturated rings. The zero-order valence-electron chi connectivity index (χ0n) is 10.00. The second-order valence-electron chi connectivity index (χ2n) is 4.01. The minimum absolute atomic E-state index is 0.469. The van der Waals surface area contributed by atoms with E-state index in [2.05, 4.69) is 15.3 Å². The van der Waals surface area contributed by atoms with E-state index in [4.69, 9.17) is 4.42 Å². The van der Waals surface area contributed by atoms with Crippen LogP contribution in [0.3, 0.4) is 0 Å². The fraction of sp³-hybridized carbons (Fsp3) is 0.545. The van der Waals surface area contributed by atoms with Crippen molar-refractivity contribution < 1.29 is 9.52 Å². The lowest BCUT2D eigenvalue weighted by atomic mass is 9.94. The van der Waals surface area contributed by atoms with Crippen molar-refractivity contribution >= 4 is 0 Å². The summed E-state index contributed by atoms with van der Waals surface area (Å²) >= 11 is 0. The summed E-state index contributed by atoms with van der Waals surface area (Å²) < 4.78 is 6.75. The largest absolute Gasteiger partial charge is 0.447 e. The third kappa shape index (κ3) is 2.36. The fourth-order valence-corrected chi connectivity index (χ4v) is 1.68. The van der Waals surface area contributed by atoms with Crippen molar-refractivity contribution in [1.29, 1.82) is 0 Å². The molecule has 0 aliphatic heterocycles. The number of hydrogen-bond donors (Lipinski definition) is 1. The molecule has 2 aromatic rings. The van der Waals surface area contributed by atoms with Gasteiger partial charge in [0.2, 0.25) is 0 Å². The number of nitrogens with zero attached hydrogens (tertiary/aromatic N) is 4. The van der Waals surface area contributed by atoms with Crippen molar-refractivity contribution in [3.05, 3.63) is 30.2 Å². The Morgan fingerprint density at radius 3 is 2.76 bits per heavy atom. The van der Waals surface area contributed by atoms with E-state index in [0.717, 1.165) is 0 Å². The Labute approximate surface area is 99.3 Å². The third-order valence-corrected chi connectivity index (χ3v) is 2.99. The highest BCUT2D eigenvalue weighted by Gasteiger charge is 2.28. The van der Waals surface area contributed by atoms with Gasteiger partial charge in [-0.05, 0) is 12.8 Å². The molecule has 0 aliphatic carbocycles. The van der Waals surface area contributed by atoms with Gasteiger partial charge in [-0.3, -0.25) is 0 Å². The van der Waals surface area contributed by atoms with Crippen molar-refractivity contribution in [2.75, 3.05) is 0 Å². The van der Waals surface area contributed by atoms with E-state index >= 15 is 0 Å². The second-order valence-corrected chi connectivity index (χ2v) is 4.01. The Kier molecular flexibility index (Phi) is 3.23. The topological polar surface area (TPSA) is 77.0 Å². The number of aromatic nitrogens is 4. The molecule has 0 aliphatic rings. The van der Waals surface area contributed by atoms with Crippen molar-refractivity contribution in [1.82, 2.24) is 20.0 Å². The number of hydrogen-bond acceptors (Lipinski definition) is 5. The maximum atomic E-state index is 10.3. The molecule has 17 heavy (non-hydrogen) atoms. The Bertz CT molecular complexity index is 460. The molecule has 0 saturated heterocycles. The van der Waals surface area contributed by atoms with E-state index in [1.165, 1.54) is 6.39 Å². The molecule has 2 aromatic heterocycles. The van der Waals surface area contributed by atoms with Gasteiger partial charge >= 0.3 is 0 Å². The van der Waals surface area contributed by atoms with E-state index < -0.39 is 5.60 Å². The first-order valence-electron chi connectivity index (χ1n) is 5.68. The van der Waals surface area contributed by atoms with Crippen LogP contribution in [0, 0.1) is 0 Å². The highest BCUT2D eigenvalue weighted by molar-refractivity contribution is 5.06. The molecule has 92 valence electrons. The minimum atomic E-state index is -0.889. The van der Waals surface area contributed by atoms with E-state index in [9.17, 15) is 5.11 Å². The molecule has 0 aromatic carbocycles. The van der Waals surface area contributed by atoms with Gasteiger partial charge in [0.05, 0.1) is 12.4 Å². The standard InChI is InChI=1S/C11H16N4O2/c1-3-11(16,4-2)10-7-15(14-13-10)6-9-5-12-8-17-9/h5,7-8,16H,3-4,6H2,1-2H3. The van der Waals surface area contributed by atoms with E-state index in [1.807, 2.05) is 13.8 Å². The first kappa shape index (κ1) is 11.8. The highest BCUT2D eigenvalue weighted by Crippen LogP contribution is 2.26. The monoisotopic (exact) mass is 236 g/mol. The van der Waals surface area contributed by atoms with Crippen LogP contribution in [0.25, 0.3) is 0 Å². The Hall–Kier alpha value is -1.69. The summed E-state index contributed by atoms with van der Waals surface area (Å²) in [4.78, 5) is 3.83. The number of oxazole rings is 1. The summed E-state index contributed by atoms with van der Waals surface area (Å²) in [7, 11) is 0. The summed E-state index contributed by atoms with van der Waals surface area (Å²) in [6.45, 7) is 4.33. The van der Waals surface area contributed by atoms with E-state index in [1.54, 1.807) is 17.1 Å². The van der Waals surface area contributed by atoms with Crippen LogP contribution in [0.4, 0.5) is 0 Å². The van der Waals surface area contributed by atoms with Crippen LogP contribution in [0.2, 0.25) is 0 Å². The predicted molar refractivity (Wildman–Crippen MR) is 60.1 cm³/mol. The molecular weight excluding hydrogens is 220 g/mol. The highest BCUT2D eigenvalue weighted by atomic mass is 16.3. The molecule has 1 N–H and O–H groups in total. The number of aliphatic hydroxyl groups is 1. The molecule has 6 nitrogen and oxygen atoms in total. The van der Waals surface area contributed by atoms with Gasteiger partial charge in [-0.2, -0.15) is 0 Å². The van der Waals surface area contributed by atoms with Gasteiger partial charge in [0, 0.05) is 0 Å². The predicted octanol–water partition coefficient (Wildman–Crippen LogP) is 1.32. The van der Waals surface area contributed by atoms with Crippen LogP contribution >= 0.6 is 0 Å². The molecule has 0 atom stereocenters. The molecule has 0 spiro atoms. The zero-order valence-corrected chi connectivity index (χ0v) is 10.00. The Balaban J connectivity index is 2.15. The van der Waals surface area contributed by atoms with Crippen LogP contribution < -0.4 is 0 Å². The van der Waals surface area contributed by atoms with Gasteiger partial charge in [0.25, 0.3) is 0 Å². The summed E-state index contributed by atoms with van der Waals surface area (Å²) in [6.07, 6.45) is 5.99. The summed E-state index contributed by atoms with van der Waals surface area (Å²) in [5.74, 6) is 0.706. The third-order valence-electron chi connectivity index (χ3n) is 2.99. The fourth-order valence-electron chi connectivity index (χ4n) is 1.68.